The lowest BCUT2D eigenvalue weighted by Gasteiger charge is -2.15. The molecule has 146 valence electrons. The summed E-state index contributed by atoms with van der Waals surface area (Å²) in [6.45, 7) is 0. The number of hydrogen-bond donors (Lipinski definition) is 1. The molecule has 1 aliphatic rings. The van der Waals surface area contributed by atoms with Gasteiger partial charge in [-0.1, -0.05) is 0 Å². The number of nitrogens with one attached hydrogen (secondary N) is 1. The fourth-order valence-electron chi connectivity index (χ4n) is 3.04. The second kappa shape index (κ2) is 6.55. The van der Waals surface area contributed by atoms with Crippen LogP contribution in [0.3, 0.4) is 0 Å². The van der Waals surface area contributed by atoms with E-state index in [0.717, 1.165) is 4.68 Å². The number of alkyl halides is 6. The van der Waals surface area contributed by atoms with Crippen molar-refractivity contribution in [1.82, 2.24) is 15.3 Å². The predicted octanol–water partition coefficient (Wildman–Crippen LogP) is 3.69. The van der Waals surface area contributed by atoms with Crippen molar-refractivity contribution in [3.05, 3.63) is 46.3 Å². The van der Waals surface area contributed by atoms with E-state index < -0.39 is 35.1 Å². The van der Waals surface area contributed by atoms with Crippen molar-refractivity contribution in [2.24, 2.45) is 0 Å². The Kier molecular flexibility index (Phi) is 4.66. The molecule has 0 aliphatic heterocycles. The van der Waals surface area contributed by atoms with Gasteiger partial charge >= 0.3 is 12.4 Å². The Balaban J connectivity index is 2.19. The average molecular weight is 393 g/mol. The smallest absolute Gasteiger partial charge is 0.277 e. The highest BCUT2D eigenvalue weighted by Crippen LogP contribution is 2.38. The molecule has 0 bridgehead atoms. The first-order valence-corrected chi connectivity index (χ1v) is 7.76. The number of rotatable bonds is 3. The summed E-state index contributed by atoms with van der Waals surface area (Å²) in [6, 6.07) is 1.21. The maximum Gasteiger partial charge on any atom is 0.416 e. The summed E-state index contributed by atoms with van der Waals surface area (Å²) in [5, 5.41) is 3.96. The lowest BCUT2D eigenvalue weighted by molar-refractivity contribution is -0.143. The van der Waals surface area contributed by atoms with E-state index in [1.807, 2.05) is 0 Å². The van der Waals surface area contributed by atoms with Gasteiger partial charge in [-0.05, 0) is 37.5 Å². The van der Waals surface area contributed by atoms with Crippen molar-refractivity contribution in [2.45, 2.75) is 31.6 Å². The van der Waals surface area contributed by atoms with Crippen LogP contribution in [0, 0.1) is 0 Å². The van der Waals surface area contributed by atoms with E-state index in [2.05, 4.69) is 15.4 Å². The van der Waals surface area contributed by atoms with Crippen LogP contribution >= 0.6 is 0 Å². The normalized spacial score (nSPS) is 14.3. The Morgan fingerprint density at radius 3 is 2.19 bits per heavy atom. The second-order valence-corrected chi connectivity index (χ2v) is 5.94. The average Bonchev–Trinajstić information content (AvgIpc) is 3.15. The van der Waals surface area contributed by atoms with Crippen molar-refractivity contribution in [3.8, 4) is 5.69 Å². The van der Waals surface area contributed by atoms with Crippen LogP contribution < -0.4 is 5.48 Å². The number of carbonyl (C=O) groups is 1. The van der Waals surface area contributed by atoms with Gasteiger partial charge in [0.15, 0.2) is 5.69 Å². The second-order valence-electron chi connectivity index (χ2n) is 5.94. The van der Waals surface area contributed by atoms with E-state index in [9.17, 15) is 31.1 Å². The quantitative estimate of drug-likeness (QED) is 0.639. The largest absolute Gasteiger partial charge is 0.416 e. The number of aromatic nitrogens is 2. The molecule has 11 heteroatoms. The predicted molar refractivity (Wildman–Crippen MR) is 80.1 cm³/mol. The highest BCUT2D eigenvalue weighted by atomic mass is 19.4. The van der Waals surface area contributed by atoms with Gasteiger partial charge in [0.25, 0.3) is 5.91 Å². The van der Waals surface area contributed by atoms with Crippen LogP contribution in [0.15, 0.2) is 18.2 Å². The molecule has 1 amide bonds. The minimum Gasteiger partial charge on any atom is -0.277 e. The molecule has 0 saturated heterocycles. The van der Waals surface area contributed by atoms with Crippen molar-refractivity contribution in [1.29, 1.82) is 0 Å². The van der Waals surface area contributed by atoms with Gasteiger partial charge in [-0.2, -0.15) is 31.4 Å². The number of fused-ring (bicyclic) bond motifs is 1. The zero-order valence-corrected chi connectivity index (χ0v) is 13.8. The Morgan fingerprint density at radius 1 is 1.07 bits per heavy atom. The number of carbonyl (C=O) groups excluding carboxylic acids is 1. The summed E-state index contributed by atoms with van der Waals surface area (Å²) in [5.41, 5.74) is -0.451. The van der Waals surface area contributed by atoms with Crippen LogP contribution in [-0.4, -0.2) is 22.8 Å². The van der Waals surface area contributed by atoms with Gasteiger partial charge in [0, 0.05) is 11.3 Å². The molecule has 1 N–H and O–H groups in total. The Hall–Kier alpha value is -2.56. The van der Waals surface area contributed by atoms with Crippen molar-refractivity contribution < 1.29 is 36.0 Å². The maximum absolute atomic E-state index is 13.1. The van der Waals surface area contributed by atoms with E-state index in [1.165, 1.54) is 7.11 Å². The third-order valence-electron chi connectivity index (χ3n) is 4.16. The van der Waals surface area contributed by atoms with E-state index >= 15 is 0 Å². The Labute approximate surface area is 148 Å². The SMILES string of the molecule is CONC(=O)c1nn(-c2cc(C(F)(F)F)cc(C(F)(F)F)c2)c2c1CCC2. The zero-order chi connectivity index (χ0) is 20.0. The first-order chi connectivity index (χ1) is 12.5. The fraction of sp³-hybridized carbons (Fsp3) is 0.375. The van der Waals surface area contributed by atoms with Crippen LogP contribution in [-0.2, 0) is 30.0 Å². The van der Waals surface area contributed by atoms with Gasteiger partial charge in [0.2, 0.25) is 0 Å². The van der Waals surface area contributed by atoms with E-state index in [1.54, 1.807) is 0 Å². The molecule has 2 aromatic rings. The highest BCUT2D eigenvalue weighted by Gasteiger charge is 2.38. The maximum atomic E-state index is 13.1. The van der Waals surface area contributed by atoms with Crippen molar-refractivity contribution >= 4 is 5.91 Å². The molecule has 3 rings (SSSR count). The number of benzene rings is 1. The first-order valence-electron chi connectivity index (χ1n) is 7.76. The Morgan fingerprint density at radius 2 is 1.67 bits per heavy atom. The molecule has 0 atom stereocenters. The molecular weight excluding hydrogens is 380 g/mol. The highest BCUT2D eigenvalue weighted by molar-refractivity contribution is 5.93. The summed E-state index contributed by atoms with van der Waals surface area (Å²) in [4.78, 5) is 16.5. The first kappa shape index (κ1) is 19.2. The van der Waals surface area contributed by atoms with Crippen molar-refractivity contribution in [2.75, 3.05) is 7.11 Å². The van der Waals surface area contributed by atoms with Gasteiger partial charge < -0.3 is 0 Å². The minimum absolute atomic E-state index is 0.0474. The topological polar surface area (TPSA) is 56.1 Å². The lowest BCUT2D eigenvalue weighted by Crippen LogP contribution is -2.23. The van der Waals surface area contributed by atoms with Crippen LogP contribution in [0.2, 0.25) is 0 Å². The van der Waals surface area contributed by atoms with E-state index in [-0.39, 0.29) is 11.8 Å². The van der Waals surface area contributed by atoms with Gasteiger partial charge in [0.05, 0.1) is 23.9 Å². The summed E-state index contributed by atoms with van der Waals surface area (Å²) in [6.07, 6.45) is -8.52. The molecule has 1 aromatic heterocycles. The summed E-state index contributed by atoms with van der Waals surface area (Å²) < 4.78 is 79.5. The molecule has 1 aliphatic carbocycles. The summed E-state index contributed by atoms with van der Waals surface area (Å²) in [7, 11) is 1.19. The van der Waals surface area contributed by atoms with Crippen LogP contribution in [0.25, 0.3) is 5.69 Å². The van der Waals surface area contributed by atoms with Crippen LogP contribution in [0.4, 0.5) is 26.3 Å². The molecule has 0 saturated carbocycles. The fourth-order valence-corrected chi connectivity index (χ4v) is 3.04. The van der Waals surface area contributed by atoms with Crippen LogP contribution in [0.5, 0.6) is 0 Å². The molecule has 27 heavy (non-hydrogen) atoms. The molecule has 0 radical (unpaired) electrons. The number of hydrogen-bond acceptors (Lipinski definition) is 3. The minimum atomic E-state index is -4.97. The van der Waals surface area contributed by atoms with Gasteiger partial charge in [-0.3, -0.25) is 9.63 Å². The van der Waals surface area contributed by atoms with Gasteiger partial charge in [-0.25, -0.2) is 10.2 Å². The molecule has 0 fully saturated rings. The van der Waals surface area contributed by atoms with Crippen molar-refractivity contribution in [3.63, 3.8) is 0 Å². The molecular formula is C16H13F6N3O2. The molecule has 1 aromatic carbocycles. The lowest BCUT2D eigenvalue weighted by atomic mass is 10.1. The molecule has 1 heterocycles. The van der Waals surface area contributed by atoms with Gasteiger partial charge in [0.1, 0.15) is 0 Å². The number of nitrogens with zero attached hydrogens (tertiary/aromatic N) is 2. The summed E-state index contributed by atoms with van der Waals surface area (Å²) in [5.74, 6) is -0.725. The third-order valence-corrected chi connectivity index (χ3v) is 4.16. The summed E-state index contributed by atoms with van der Waals surface area (Å²) >= 11 is 0. The van der Waals surface area contributed by atoms with E-state index in [4.69, 9.17) is 0 Å². The Bertz CT molecular complexity index is 853. The van der Waals surface area contributed by atoms with E-state index in [0.29, 0.717) is 42.7 Å². The number of halogens is 6. The van der Waals surface area contributed by atoms with Gasteiger partial charge in [-0.15, -0.1) is 0 Å². The zero-order valence-electron chi connectivity index (χ0n) is 13.8. The standard InChI is InChI=1S/C16H13F6N3O2/c1-27-24-14(26)13-11-3-2-4-12(11)25(23-13)10-6-8(15(17,18)19)5-9(7-10)16(20,21)22/h5-7H,2-4H2,1H3,(H,24,26). The number of amides is 1. The molecule has 0 spiro atoms. The molecule has 5 nitrogen and oxygen atoms in total. The monoisotopic (exact) mass is 393 g/mol. The molecule has 0 unspecified atom stereocenters. The number of hydroxylamine groups is 1. The van der Waals surface area contributed by atoms with Crippen LogP contribution in [0.1, 0.15) is 39.3 Å². The third kappa shape index (κ3) is 3.64.